The molecular formula is C25H22ClFN6O3S. The molecule has 1 atom stereocenters. The second-order valence-electron chi connectivity index (χ2n) is 9.09. The van der Waals surface area contributed by atoms with Gasteiger partial charge in [0.05, 0.1) is 53.1 Å². The Kier molecular flexibility index (Phi) is 5.75. The fourth-order valence-electron chi connectivity index (χ4n) is 4.93. The number of ether oxygens (including phenoxy) is 1. The van der Waals surface area contributed by atoms with E-state index in [2.05, 4.69) is 20.4 Å². The standard InChI is InChI=1S/C25H22ClFN6O3S/c1-13-8-16(30-24(29-13)31-18-6-7-28-32(18)2)21-20(27)19-22(37-21)25(11-36-12-25)33(23(19)35)17(10-34)14-4-3-5-15(26)9-14/h3-9,17,34H,10-12H2,1-2H3,(H,29,30,31)/t17-/m1/s1. The van der Waals surface area contributed by atoms with Crippen molar-refractivity contribution in [1.82, 2.24) is 24.6 Å². The third-order valence-electron chi connectivity index (χ3n) is 6.71. The molecule has 0 unspecified atom stereocenters. The second kappa shape index (κ2) is 8.88. The Morgan fingerprint density at radius 3 is 2.76 bits per heavy atom. The lowest BCUT2D eigenvalue weighted by Crippen LogP contribution is -2.58. The van der Waals surface area contributed by atoms with Crippen LogP contribution >= 0.6 is 22.9 Å². The van der Waals surface area contributed by atoms with Crippen LogP contribution in [0.25, 0.3) is 10.6 Å². The highest BCUT2D eigenvalue weighted by Crippen LogP contribution is 2.54. The van der Waals surface area contributed by atoms with Crippen LogP contribution in [0.4, 0.5) is 16.2 Å². The monoisotopic (exact) mass is 540 g/mol. The number of aliphatic hydroxyl groups excluding tert-OH is 1. The van der Waals surface area contributed by atoms with E-state index in [0.29, 0.717) is 38.6 Å². The van der Waals surface area contributed by atoms with Gasteiger partial charge in [0.1, 0.15) is 11.4 Å². The van der Waals surface area contributed by atoms with Gasteiger partial charge in [0.2, 0.25) is 5.95 Å². The van der Waals surface area contributed by atoms with Crippen molar-refractivity contribution in [3.05, 3.63) is 75.1 Å². The summed E-state index contributed by atoms with van der Waals surface area (Å²) in [7, 11) is 1.78. The Hall–Kier alpha value is -3.38. The number of aromatic nitrogens is 4. The number of rotatable bonds is 6. The van der Waals surface area contributed by atoms with Crippen LogP contribution in [0.2, 0.25) is 5.02 Å². The predicted molar refractivity (Wildman–Crippen MR) is 136 cm³/mol. The Bertz CT molecular complexity index is 1530. The van der Waals surface area contributed by atoms with Gasteiger partial charge in [-0.15, -0.1) is 11.3 Å². The molecule has 12 heteroatoms. The van der Waals surface area contributed by atoms with Crippen LogP contribution in [0.15, 0.2) is 42.6 Å². The van der Waals surface area contributed by atoms with Gasteiger partial charge in [0.25, 0.3) is 5.91 Å². The van der Waals surface area contributed by atoms with Gasteiger partial charge in [-0.25, -0.2) is 14.4 Å². The summed E-state index contributed by atoms with van der Waals surface area (Å²) < 4.78 is 23.2. The van der Waals surface area contributed by atoms with Gasteiger partial charge in [-0.1, -0.05) is 23.7 Å². The summed E-state index contributed by atoms with van der Waals surface area (Å²) in [5.74, 6) is -0.150. The summed E-state index contributed by atoms with van der Waals surface area (Å²) in [6, 6.07) is 9.74. The number of thiophene rings is 1. The van der Waals surface area contributed by atoms with E-state index in [9.17, 15) is 9.90 Å². The lowest BCUT2D eigenvalue weighted by atomic mass is 9.92. The lowest BCUT2D eigenvalue weighted by molar-refractivity contribution is -0.139. The summed E-state index contributed by atoms with van der Waals surface area (Å²) in [6.07, 6.45) is 1.64. The molecule has 0 aliphatic carbocycles. The smallest absolute Gasteiger partial charge is 0.259 e. The number of fused-ring (bicyclic) bond motifs is 2. The van der Waals surface area contributed by atoms with Crippen LogP contribution < -0.4 is 5.32 Å². The van der Waals surface area contributed by atoms with E-state index in [0.717, 1.165) is 0 Å². The van der Waals surface area contributed by atoms with Crippen LogP contribution in [-0.4, -0.2) is 55.5 Å². The van der Waals surface area contributed by atoms with Crippen LogP contribution in [0, 0.1) is 12.7 Å². The Morgan fingerprint density at radius 2 is 2.11 bits per heavy atom. The fourth-order valence-corrected chi connectivity index (χ4v) is 6.41. The number of aliphatic hydroxyl groups is 1. The van der Waals surface area contributed by atoms with Gasteiger partial charge in [-0.05, 0) is 30.7 Å². The molecule has 190 valence electrons. The average molecular weight is 541 g/mol. The SMILES string of the molecule is Cc1cc(-c2sc3c(c2F)C(=O)N([C@H](CO)c2cccc(Cl)c2)C32COC2)nc(Nc2ccnn2C)n1. The Morgan fingerprint density at radius 1 is 1.30 bits per heavy atom. The predicted octanol–water partition coefficient (Wildman–Crippen LogP) is 4.20. The molecular weight excluding hydrogens is 519 g/mol. The van der Waals surface area contributed by atoms with Crippen molar-refractivity contribution in [3.63, 3.8) is 0 Å². The van der Waals surface area contributed by atoms with Crippen molar-refractivity contribution in [2.24, 2.45) is 7.05 Å². The molecule has 1 amide bonds. The fraction of sp³-hybridized carbons (Fsp3) is 0.280. The third kappa shape index (κ3) is 3.72. The molecule has 2 N–H and O–H groups in total. The van der Waals surface area contributed by atoms with E-state index in [1.807, 2.05) is 0 Å². The van der Waals surface area contributed by atoms with E-state index in [1.54, 1.807) is 66.1 Å². The topological polar surface area (TPSA) is 105 Å². The molecule has 9 nitrogen and oxygen atoms in total. The number of hydrogen-bond acceptors (Lipinski definition) is 8. The van der Waals surface area contributed by atoms with Crippen molar-refractivity contribution >= 4 is 40.6 Å². The number of anilines is 2. The van der Waals surface area contributed by atoms with E-state index < -0.39 is 23.3 Å². The lowest BCUT2D eigenvalue weighted by Gasteiger charge is -2.48. The minimum Gasteiger partial charge on any atom is -0.394 e. The van der Waals surface area contributed by atoms with Gasteiger partial charge >= 0.3 is 0 Å². The number of nitrogens with zero attached hydrogens (tertiary/aromatic N) is 5. The van der Waals surface area contributed by atoms with E-state index in [4.69, 9.17) is 16.3 Å². The molecule has 3 aromatic heterocycles. The molecule has 1 saturated heterocycles. The normalized spacial score (nSPS) is 16.7. The van der Waals surface area contributed by atoms with Gasteiger partial charge in [-0.2, -0.15) is 5.10 Å². The molecule has 0 bridgehead atoms. The number of benzene rings is 1. The average Bonchev–Trinajstić information content (AvgIpc) is 3.47. The van der Waals surface area contributed by atoms with Crippen molar-refractivity contribution in [3.8, 4) is 10.6 Å². The number of halogens is 2. The van der Waals surface area contributed by atoms with Crippen LogP contribution in [0.5, 0.6) is 0 Å². The maximum absolute atomic E-state index is 16.0. The zero-order valence-corrected chi connectivity index (χ0v) is 21.5. The summed E-state index contributed by atoms with van der Waals surface area (Å²) >= 11 is 7.36. The molecule has 1 aromatic carbocycles. The van der Waals surface area contributed by atoms with Gasteiger partial charge < -0.3 is 20.1 Å². The molecule has 37 heavy (non-hydrogen) atoms. The maximum atomic E-state index is 16.0. The highest BCUT2D eigenvalue weighted by molar-refractivity contribution is 7.16. The molecule has 2 aliphatic rings. The highest BCUT2D eigenvalue weighted by atomic mass is 35.5. The van der Waals surface area contributed by atoms with Gasteiger partial charge in [-0.3, -0.25) is 9.48 Å². The molecule has 1 fully saturated rings. The van der Waals surface area contributed by atoms with Crippen molar-refractivity contribution in [2.75, 3.05) is 25.1 Å². The van der Waals surface area contributed by atoms with E-state index in [-0.39, 0.29) is 30.3 Å². The van der Waals surface area contributed by atoms with Crippen molar-refractivity contribution < 1.29 is 19.0 Å². The Balaban J connectivity index is 1.41. The van der Waals surface area contributed by atoms with Crippen molar-refractivity contribution in [2.45, 2.75) is 18.5 Å². The van der Waals surface area contributed by atoms with Crippen LogP contribution in [0.3, 0.4) is 0 Å². The maximum Gasteiger partial charge on any atom is 0.259 e. The first kappa shape index (κ1) is 24.0. The van der Waals surface area contributed by atoms with Crippen molar-refractivity contribution in [1.29, 1.82) is 0 Å². The molecule has 4 aromatic rings. The molecule has 0 radical (unpaired) electrons. The zero-order valence-electron chi connectivity index (χ0n) is 19.9. The minimum atomic E-state index is -0.871. The molecule has 5 heterocycles. The molecule has 1 spiro atoms. The second-order valence-corrected chi connectivity index (χ2v) is 10.5. The van der Waals surface area contributed by atoms with E-state index >= 15 is 4.39 Å². The molecule has 0 saturated carbocycles. The number of carbonyl (C=O) groups excluding carboxylic acids is 1. The highest BCUT2D eigenvalue weighted by Gasteiger charge is 2.60. The number of nitrogens with one attached hydrogen (secondary N) is 1. The number of hydrogen-bond donors (Lipinski definition) is 2. The van der Waals surface area contributed by atoms with Gasteiger partial charge in [0, 0.05) is 23.8 Å². The number of carbonyl (C=O) groups is 1. The summed E-state index contributed by atoms with van der Waals surface area (Å²) in [6.45, 7) is 1.87. The number of amides is 1. The Labute approximate surface area is 220 Å². The first-order valence-electron chi connectivity index (χ1n) is 11.5. The van der Waals surface area contributed by atoms with E-state index in [1.165, 1.54) is 11.3 Å². The summed E-state index contributed by atoms with van der Waals surface area (Å²) in [4.78, 5) is 25.1. The minimum absolute atomic E-state index is 0.00110. The summed E-state index contributed by atoms with van der Waals surface area (Å²) in [5.41, 5.74) is 0.809. The first-order valence-corrected chi connectivity index (χ1v) is 12.7. The molecule has 6 rings (SSSR count). The zero-order chi connectivity index (χ0) is 25.9. The van der Waals surface area contributed by atoms with Crippen LogP contribution in [0.1, 0.15) is 32.5 Å². The first-order chi connectivity index (χ1) is 17.8. The summed E-state index contributed by atoms with van der Waals surface area (Å²) in [5, 5.41) is 18.0. The third-order valence-corrected chi connectivity index (χ3v) is 8.33. The molecule has 2 aliphatic heterocycles. The quantitative estimate of drug-likeness (QED) is 0.377. The largest absolute Gasteiger partial charge is 0.394 e. The van der Waals surface area contributed by atoms with Crippen LogP contribution in [-0.2, 0) is 17.3 Å². The number of aryl methyl sites for hydroxylation is 2. The van der Waals surface area contributed by atoms with Gasteiger partial charge in [0.15, 0.2) is 5.82 Å².